The molecule has 4 heteroatoms. The molecule has 0 aromatic heterocycles. The van der Waals surface area contributed by atoms with Gasteiger partial charge in [-0.3, -0.25) is 4.79 Å². The van der Waals surface area contributed by atoms with Gasteiger partial charge in [-0.2, -0.15) is 0 Å². The summed E-state index contributed by atoms with van der Waals surface area (Å²) < 4.78 is 13.8. The second kappa shape index (κ2) is 5.63. The molecule has 98 valence electrons. The molecule has 0 fully saturated rings. The Balaban J connectivity index is 2.19. The standard InChI is InChI=1S/C15H15FN2O/c1-10(19)12-3-5-13(6-4-12)18-15-7-2-11(9-17)8-14(15)16/h2-8,18H,9,17H2,1H3. The Morgan fingerprint density at radius 3 is 2.42 bits per heavy atom. The van der Waals surface area contributed by atoms with Crippen LogP contribution in [0.1, 0.15) is 22.8 Å². The topological polar surface area (TPSA) is 55.1 Å². The van der Waals surface area contributed by atoms with Gasteiger partial charge in [-0.15, -0.1) is 0 Å². The predicted octanol–water partition coefficient (Wildman–Crippen LogP) is 3.23. The number of nitrogens with one attached hydrogen (secondary N) is 1. The third kappa shape index (κ3) is 3.17. The van der Waals surface area contributed by atoms with Crippen LogP contribution in [0.2, 0.25) is 0 Å². The molecule has 0 saturated carbocycles. The number of hydrogen-bond acceptors (Lipinski definition) is 3. The summed E-state index contributed by atoms with van der Waals surface area (Å²) in [6.45, 7) is 1.82. The van der Waals surface area contributed by atoms with Crippen molar-refractivity contribution in [2.75, 3.05) is 5.32 Å². The summed E-state index contributed by atoms with van der Waals surface area (Å²) in [5.74, 6) is -0.344. The zero-order valence-electron chi connectivity index (χ0n) is 10.6. The maximum absolute atomic E-state index is 13.8. The molecule has 3 nitrogen and oxygen atoms in total. The van der Waals surface area contributed by atoms with Gasteiger partial charge in [0.05, 0.1) is 5.69 Å². The number of benzene rings is 2. The average molecular weight is 258 g/mol. The van der Waals surface area contributed by atoms with E-state index in [9.17, 15) is 9.18 Å². The van der Waals surface area contributed by atoms with E-state index in [2.05, 4.69) is 5.32 Å². The first-order chi connectivity index (χ1) is 9.10. The van der Waals surface area contributed by atoms with Gasteiger partial charge in [-0.05, 0) is 48.9 Å². The summed E-state index contributed by atoms with van der Waals surface area (Å²) >= 11 is 0. The van der Waals surface area contributed by atoms with Gasteiger partial charge >= 0.3 is 0 Å². The maximum Gasteiger partial charge on any atom is 0.159 e. The highest BCUT2D eigenvalue weighted by molar-refractivity contribution is 5.94. The van der Waals surface area contributed by atoms with Crippen LogP contribution in [0.3, 0.4) is 0 Å². The van der Waals surface area contributed by atoms with E-state index in [1.165, 1.54) is 13.0 Å². The fourth-order valence-corrected chi connectivity index (χ4v) is 1.73. The number of rotatable bonds is 4. The molecule has 0 heterocycles. The molecule has 0 amide bonds. The second-order valence-corrected chi connectivity index (χ2v) is 4.28. The molecule has 2 aromatic rings. The van der Waals surface area contributed by atoms with Gasteiger partial charge in [0.1, 0.15) is 5.82 Å². The van der Waals surface area contributed by atoms with E-state index >= 15 is 0 Å². The van der Waals surface area contributed by atoms with Crippen molar-refractivity contribution >= 4 is 17.2 Å². The fraction of sp³-hybridized carbons (Fsp3) is 0.133. The Kier molecular flexibility index (Phi) is 3.92. The van der Waals surface area contributed by atoms with E-state index in [1.54, 1.807) is 36.4 Å². The quantitative estimate of drug-likeness (QED) is 0.828. The Morgan fingerprint density at radius 1 is 1.21 bits per heavy atom. The van der Waals surface area contributed by atoms with Crippen LogP contribution >= 0.6 is 0 Å². The van der Waals surface area contributed by atoms with Crippen LogP contribution in [-0.2, 0) is 6.54 Å². The number of carbonyl (C=O) groups excluding carboxylic acids is 1. The SMILES string of the molecule is CC(=O)c1ccc(Nc2ccc(CN)cc2F)cc1. The average Bonchev–Trinajstić information content (AvgIpc) is 2.41. The Labute approximate surface area is 111 Å². The Hall–Kier alpha value is -2.20. The molecule has 2 aromatic carbocycles. The van der Waals surface area contributed by atoms with Crippen LogP contribution in [-0.4, -0.2) is 5.78 Å². The summed E-state index contributed by atoms with van der Waals surface area (Å²) in [4.78, 5) is 11.1. The van der Waals surface area contributed by atoms with Crippen molar-refractivity contribution in [2.24, 2.45) is 5.73 Å². The lowest BCUT2D eigenvalue weighted by atomic mass is 10.1. The zero-order chi connectivity index (χ0) is 13.8. The van der Waals surface area contributed by atoms with Crippen molar-refractivity contribution in [3.63, 3.8) is 0 Å². The van der Waals surface area contributed by atoms with Crippen LogP contribution in [0.5, 0.6) is 0 Å². The van der Waals surface area contributed by atoms with Gasteiger partial charge in [0.2, 0.25) is 0 Å². The van der Waals surface area contributed by atoms with Gasteiger partial charge in [0.25, 0.3) is 0 Å². The van der Waals surface area contributed by atoms with E-state index in [-0.39, 0.29) is 11.6 Å². The van der Waals surface area contributed by atoms with Crippen LogP contribution in [0, 0.1) is 5.82 Å². The molecular weight excluding hydrogens is 243 g/mol. The summed E-state index contributed by atoms with van der Waals surface area (Å²) in [6.07, 6.45) is 0. The number of anilines is 2. The Morgan fingerprint density at radius 2 is 1.89 bits per heavy atom. The van der Waals surface area contributed by atoms with E-state index in [0.717, 1.165) is 11.3 Å². The molecule has 2 rings (SSSR count). The lowest BCUT2D eigenvalue weighted by Gasteiger charge is -2.09. The zero-order valence-corrected chi connectivity index (χ0v) is 10.6. The second-order valence-electron chi connectivity index (χ2n) is 4.28. The van der Waals surface area contributed by atoms with Crippen LogP contribution in [0.4, 0.5) is 15.8 Å². The van der Waals surface area contributed by atoms with E-state index in [1.807, 2.05) is 0 Å². The fourth-order valence-electron chi connectivity index (χ4n) is 1.73. The van der Waals surface area contributed by atoms with Gasteiger partial charge < -0.3 is 11.1 Å². The number of halogens is 1. The van der Waals surface area contributed by atoms with Crippen molar-refractivity contribution in [3.8, 4) is 0 Å². The lowest BCUT2D eigenvalue weighted by molar-refractivity contribution is 0.101. The summed E-state index contributed by atoms with van der Waals surface area (Å²) in [7, 11) is 0. The molecular formula is C15H15FN2O. The number of Topliss-reactive ketones (excluding diaryl/α,β-unsaturated/α-hetero) is 1. The number of nitrogens with two attached hydrogens (primary N) is 1. The summed E-state index contributed by atoms with van der Waals surface area (Å²) in [5, 5.41) is 2.96. The molecule has 0 radical (unpaired) electrons. The summed E-state index contributed by atoms with van der Waals surface area (Å²) in [6, 6.07) is 11.7. The summed E-state index contributed by atoms with van der Waals surface area (Å²) in [5.41, 5.74) is 7.93. The first-order valence-electron chi connectivity index (χ1n) is 5.96. The third-order valence-electron chi connectivity index (χ3n) is 2.84. The van der Waals surface area contributed by atoms with Crippen molar-refractivity contribution in [1.82, 2.24) is 0 Å². The number of ketones is 1. The van der Waals surface area contributed by atoms with E-state index < -0.39 is 0 Å². The predicted molar refractivity (Wildman–Crippen MR) is 74.0 cm³/mol. The first kappa shape index (κ1) is 13.2. The van der Waals surface area contributed by atoms with Crippen LogP contribution < -0.4 is 11.1 Å². The first-order valence-corrected chi connectivity index (χ1v) is 5.96. The van der Waals surface area contributed by atoms with E-state index in [0.29, 0.717) is 17.8 Å². The smallest absolute Gasteiger partial charge is 0.159 e. The molecule has 0 unspecified atom stereocenters. The van der Waals surface area contributed by atoms with Crippen molar-refractivity contribution in [2.45, 2.75) is 13.5 Å². The molecule has 3 N–H and O–H groups in total. The van der Waals surface area contributed by atoms with Crippen LogP contribution in [0.15, 0.2) is 42.5 Å². The van der Waals surface area contributed by atoms with Crippen molar-refractivity contribution < 1.29 is 9.18 Å². The minimum Gasteiger partial charge on any atom is -0.353 e. The van der Waals surface area contributed by atoms with E-state index in [4.69, 9.17) is 5.73 Å². The molecule has 0 aliphatic heterocycles. The molecule has 0 spiro atoms. The highest BCUT2D eigenvalue weighted by Crippen LogP contribution is 2.21. The number of carbonyl (C=O) groups is 1. The van der Waals surface area contributed by atoms with Gasteiger partial charge in [-0.25, -0.2) is 4.39 Å². The molecule has 0 aliphatic rings. The van der Waals surface area contributed by atoms with Crippen molar-refractivity contribution in [3.05, 3.63) is 59.4 Å². The molecule has 19 heavy (non-hydrogen) atoms. The lowest BCUT2D eigenvalue weighted by Crippen LogP contribution is -1.99. The third-order valence-corrected chi connectivity index (χ3v) is 2.84. The van der Waals surface area contributed by atoms with Crippen molar-refractivity contribution in [1.29, 1.82) is 0 Å². The highest BCUT2D eigenvalue weighted by Gasteiger charge is 2.04. The maximum atomic E-state index is 13.8. The van der Waals surface area contributed by atoms with Gasteiger partial charge in [0, 0.05) is 17.8 Å². The molecule has 0 bridgehead atoms. The van der Waals surface area contributed by atoms with Gasteiger partial charge in [0.15, 0.2) is 5.78 Å². The van der Waals surface area contributed by atoms with Crippen LogP contribution in [0.25, 0.3) is 0 Å². The molecule has 0 saturated heterocycles. The highest BCUT2D eigenvalue weighted by atomic mass is 19.1. The minimum atomic E-state index is -0.349. The minimum absolute atomic E-state index is 0.00466. The normalized spacial score (nSPS) is 10.3. The molecule has 0 aliphatic carbocycles. The van der Waals surface area contributed by atoms with Gasteiger partial charge in [-0.1, -0.05) is 6.07 Å². The number of hydrogen-bond donors (Lipinski definition) is 2. The molecule has 0 atom stereocenters. The largest absolute Gasteiger partial charge is 0.353 e. The Bertz CT molecular complexity index is 594. The monoisotopic (exact) mass is 258 g/mol.